The minimum Gasteiger partial charge on any atom is -0.490 e. The molecule has 0 aromatic heterocycles. The van der Waals surface area contributed by atoms with Crippen LogP contribution in [0.5, 0.6) is 5.75 Å². The quantitative estimate of drug-likeness (QED) is 0.400. The van der Waals surface area contributed by atoms with Gasteiger partial charge in [0.1, 0.15) is 11.9 Å². The van der Waals surface area contributed by atoms with E-state index in [2.05, 4.69) is 39.1 Å². The van der Waals surface area contributed by atoms with Crippen LogP contribution in [0.25, 0.3) is 0 Å². The lowest BCUT2D eigenvalue weighted by atomic mass is 10.1. The number of hydrogen-bond donors (Lipinski definition) is 1. The number of aliphatic imine (C=N–C) groups is 1. The van der Waals surface area contributed by atoms with Gasteiger partial charge >= 0.3 is 0 Å². The van der Waals surface area contributed by atoms with Gasteiger partial charge in [0.2, 0.25) is 0 Å². The summed E-state index contributed by atoms with van der Waals surface area (Å²) >= 11 is 0. The Morgan fingerprint density at radius 1 is 1.11 bits per heavy atom. The molecular weight excluding hydrogens is 453 g/mol. The average Bonchev–Trinajstić information content (AvgIpc) is 2.67. The summed E-state index contributed by atoms with van der Waals surface area (Å²) in [5.74, 6) is 1.99. The molecule has 0 amide bonds. The molecule has 1 atom stereocenters. The van der Waals surface area contributed by atoms with Crippen molar-refractivity contribution in [1.82, 2.24) is 20.0 Å². The van der Waals surface area contributed by atoms with Crippen LogP contribution in [-0.4, -0.2) is 93.2 Å². The topological polar surface area (TPSA) is 43.3 Å². The Kier molecular flexibility index (Phi) is 9.11. The minimum absolute atomic E-state index is 0. The maximum absolute atomic E-state index is 6.10. The number of nitrogens with zero attached hydrogens (tertiary/aromatic N) is 4. The van der Waals surface area contributed by atoms with E-state index in [1.807, 2.05) is 37.4 Å². The van der Waals surface area contributed by atoms with Gasteiger partial charge < -0.3 is 19.9 Å². The predicted molar refractivity (Wildman–Crippen MR) is 122 cm³/mol. The first-order chi connectivity index (χ1) is 12.7. The summed E-state index contributed by atoms with van der Waals surface area (Å²) in [5.41, 5.74) is 0. The molecule has 0 saturated carbocycles. The molecular formula is C20H34IN5O. The van der Waals surface area contributed by atoms with Crippen molar-refractivity contribution in [3.63, 3.8) is 0 Å². The maximum Gasteiger partial charge on any atom is 0.193 e. The molecule has 1 aromatic carbocycles. The Morgan fingerprint density at radius 2 is 1.81 bits per heavy atom. The molecule has 1 aromatic rings. The summed E-state index contributed by atoms with van der Waals surface area (Å²) in [7, 11) is 6.30. The standard InChI is InChI=1S/C20H33N5O.HI/c1-21-20(22-15-17-16-23(2)13-14-24(17)3)25-11-9-19(10-12-25)26-18-7-5-4-6-8-18;/h4-8,17,19H,9-16H2,1-3H3,(H,21,22);1H. The Bertz CT molecular complexity index is 577. The summed E-state index contributed by atoms with van der Waals surface area (Å²) in [4.78, 5) is 11.7. The number of likely N-dealkylation sites (N-methyl/N-ethyl adjacent to an activating group) is 2. The summed E-state index contributed by atoms with van der Waals surface area (Å²) in [6, 6.07) is 10.7. The van der Waals surface area contributed by atoms with Crippen molar-refractivity contribution in [2.75, 3.05) is 60.4 Å². The molecule has 2 aliphatic rings. The molecule has 2 heterocycles. The summed E-state index contributed by atoms with van der Waals surface area (Å²) in [5, 5.41) is 3.59. The second kappa shape index (κ2) is 11.1. The van der Waals surface area contributed by atoms with Gasteiger partial charge in [0.25, 0.3) is 0 Å². The van der Waals surface area contributed by atoms with E-state index in [4.69, 9.17) is 4.74 Å². The predicted octanol–water partition coefficient (Wildman–Crippen LogP) is 1.97. The molecule has 0 bridgehead atoms. The first-order valence-electron chi connectivity index (χ1n) is 9.72. The van der Waals surface area contributed by atoms with Crippen LogP contribution in [-0.2, 0) is 0 Å². The van der Waals surface area contributed by atoms with E-state index in [0.29, 0.717) is 12.1 Å². The highest BCUT2D eigenvalue weighted by Gasteiger charge is 2.25. The molecule has 152 valence electrons. The monoisotopic (exact) mass is 487 g/mol. The number of guanidine groups is 1. The van der Waals surface area contributed by atoms with E-state index >= 15 is 0 Å². The van der Waals surface area contributed by atoms with Gasteiger partial charge in [-0.15, -0.1) is 24.0 Å². The van der Waals surface area contributed by atoms with E-state index in [0.717, 1.165) is 63.8 Å². The third kappa shape index (κ3) is 6.50. The Morgan fingerprint density at radius 3 is 2.48 bits per heavy atom. The number of ether oxygens (including phenoxy) is 1. The van der Waals surface area contributed by atoms with Crippen LogP contribution in [0, 0.1) is 0 Å². The molecule has 1 N–H and O–H groups in total. The van der Waals surface area contributed by atoms with Crippen molar-refractivity contribution < 1.29 is 4.74 Å². The molecule has 7 heteroatoms. The SMILES string of the molecule is CN=C(NCC1CN(C)CCN1C)N1CCC(Oc2ccccc2)CC1.I. The summed E-state index contributed by atoms with van der Waals surface area (Å²) in [6.45, 7) is 6.29. The van der Waals surface area contributed by atoms with Crippen molar-refractivity contribution in [1.29, 1.82) is 0 Å². The summed E-state index contributed by atoms with van der Waals surface area (Å²) in [6.07, 6.45) is 2.36. The molecule has 27 heavy (non-hydrogen) atoms. The zero-order chi connectivity index (χ0) is 18.4. The van der Waals surface area contributed by atoms with Crippen LogP contribution in [0.3, 0.4) is 0 Å². The van der Waals surface area contributed by atoms with Crippen molar-refractivity contribution in [2.24, 2.45) is 4.99 Å². The van der Waals surface area contributed by atoms with E-state index in [-0.39, 0.29) is 24.0 Å². The lowest BCUT2D eigenvalue weighted by Crippen LogP contribution is -2.56. The highest BCUT2D eigenvalue weighted by Crippen LogP contribution is 2.18. The van der Waals surface area contributed by atoms with Crippen LogP contribution in [0.15, 0.2) is 35.3 Å². The van der Waals surface area contributed by atoms with Gasteiger partial charge in [0.15, 0.2) is 5.96 Å². The largest absolute Gasteiger partial charge is 0.490 e. The molecule has 2 aliphatic heterocycles. The van der Waals surface area contributed by atoms with Gasteiger partial charge in [-0.1, -0.05) is 18.2 Å². The molecule has 6 nitrogen and oxygen atoms in total. The van der Waals surface area contributed by atoms with Gasteiger partial charge in [-0.2, -0.15) is 0 Å². The number of piperazine rings is 1. The first-order valence-corrected chi connectivity index (χ1v) is 9.72. The van der Waals surface area contributed by atoms with Gasteiger partial charge in [-0.05, 0) is 26.2 Å². The average molecular weight is 487 g/mol. The minimum atomic E-state index is 0. The van der Waals surface area contributed by atoms with Crippen molar-refractivity contribution >= 4 is 29.9 Å². The fraction of sp³-hybridized carbons (Fsp3) is 0.650. The van der Waals surface area contributed by atoms with Gasteiger partial charge in [-0.25, -0.2) is 0 Å². The van der Waals surface area contributed by atoms with Gasteiger partial charge in [0.05, 0.1) is 0 Å². The van der Waals surface area contributed by atoms with E-state index in [9.17, 15) is 0 Å². The van der Waals surface area contributed by atoms with Crippen molar-refractivity contribution in [3.8, 4) is 5.75 Å². The number of para-hydroxylation sites is 1. The number of hydrogen-bond acceptors (Lipinski definition) is 4. The lowest BCUT2D eigenvalue weighted by Gasteiger charge is -2.39. The van der Waals surface area contributed by atoms with Crippen molar-refractivity contribution in [2.45, 2.75) is 25.0 Å². The number of halogens is 1. The van der Waals surface area contributed by atoms with Crippen molar-refractivity contribution in [3.05, 3.63) is 30.3 Å². The van der Waals surface area contributed by atoms with Crippen LogP contribution in [0.4, 0.5) is 0 Å². The Hall–Kier alpha value is -1.06. The third-order valence-electron chi connectivity index (χ3n) is 5.48. The summed E-state index contributed by atoms with van der Waals surface area (Å²) < 4.78 is 6.10. The smallest absolute Gasteiger partial charge is 0.193 e. The number of rotatable bonds is 4. The molecule has 2 saturated heterocycles. The number of nitrogens with one attached hydrogen (secondary N) is 1. The van der Waals surface area contributed by atoms with Crippen LogP contribution in [0.2, 0.25) is 0 Å². The van der Waals surface area contributed by atoms with Crippen LogP contribution < -0.4 is 10.1 Å². The van der Waals surface area contributed by atoms with Gasteiger partial charge in [-0.3, -0.25) is 9.89 Å². The number of piperidine rings is 1. The second-order valence-corrected chi connectivity index (χ2v) is 7.44. The third-order valence-corrected chi connectivity index (χ3v) is 5.48. The lowest BCUT2D eigenvalue weighted by molar-refractivity contribution is 0.113. The first kappa shape index (κ1) is 22.2. The second-order valence-electron chi connectivity index (χ2n) is 7.44. The zero-order valence-corrected chi connectivity index (χ0v) is 19.1. The molecule has 2 fully saturated rings. The van der Waals surface area contributed by atoms with Gasteiger partial charge in [0, 0.05) is 65.2 Å². The molecule has 0 spiro atoms. The van der Waals surface area contributed by atoms with Crippen LogP contribution >= 0.6 is 24.0 Å². The molecule has 1 unspecified atom stereocenters. The fourth-order valence-electron chi connectivity index (χ4n) is 3.74. The highest BCUT2D eigenvalue weighted by atomic mass is 127. The maximum atomic E-state index is 6.10. The van der Waals surface area contributed by atoms with E-state index in [1.165, 1.54) is 0 Å². The molecule has 3 rings (SSSR count). The molecule has 0 aliphatic carbocycles. The number of likely N-dealkylation sites (tertiary alicyclic amines) is 1. The zero-order valence-electron chi connectivity index (χ0n) is 16.8. The Balaban J connectivity index is 0.00000261. The van der Waals surface area contributed by atoms with E-state index < -0.39 is 0 Å². The Labute approximate surface area is 181 Å². The van der Waals surface area contributed by atoms with E-state index in [1.54, 1.807) is 0 Å². The molecule has 0 radical (unpaired) electrons. The van der Waals surface area contributed by atoms with Crippen LogP contribution in [0.1, 0.15) is 12.8 Å². The highest BCUT2D eigenvalue weighted by molar-refractivity contribution is 14.0. The normalized spacial score (nSPS) is 23.0. The number of benzene rings is 1. The fourth-order valence-corrected chi connectivity index (χ4v) is 3.74.